The standard InChI is InChI=1S/C76H148O17P2/c1-66(2)52-44-36-28-23-19-15-11-9-10-12-18-22-26-32-42-50-58-75(80)92-71(62-86-73(78)56-48-40-31-25-21-17-14-13-16-20-24-29-37-45-53-67(3)4)64-90-94(82,83)88-60-70(77)61-89-95(84,85)91-65-72(63-87-74(79)57-49-41-35-34-39-47-55-69(7)8)93-76(81)59-51-43-33-27-30-38-46-54-68(5)6/h66-72,77H,9-65H2,1-8H3,(H,82,83)(H,84,85)/t70-,71-,72-/m1/s1. The van der Waals surface area contributed by atoms with E-state index in [1.807, 2.05) is 0 Å². The molecule has 0 aliphatic carbocycles. The van der Waals surface area contributed by atoms with Gasteiger partial charge in [0.25, 0.3) is 0 Å². The molecule has 19 heteroatoms. The summed E-state index contributed by atoms with van der Waals surface area (Å²) in [5, 5.41) is 10.6. The molecule has 0 radical (unpaired) electrons. The third-order valence-corrected chi connectivity index (χ3v) is 19.5. The fourth-order valence-electron chi connectivity index (χ4n) is 11.6. The molecule has 0 aromatic heterocycles. The monoisotopic (exact) mass is 1400 g/mol. The Balaban J connectivity index is 5.21. The first-order chi connectivity index (χ1) is 45.6. The molecular formula is C76H148O17P2. The lowest BCUT2D eigenvalue weighted by Crippen LogP contribution is -2.30. The van der Waals surface area contributed by atoms with E-state index in [9.17, 15) is 43.2 Å². The second-order valence-electron chi connectivity index (χ2n) is 29.3. The lowest BCUT2D eigenvalue weighted by atomic mass is 10.0. The molecule has 0 amide bonds. The molecule has 564 valence electrons. The number of unbranched alkanes of at least 4 members (excludes halogenated alkanes) is 39. The first-order valence-electron chi connectivity index (χ1n) is 39.2. The first-order valence-corrected chi connectivity index (χ1v) is 42.2. The largest absolute Gasteiger partial charge is 0.472 e. The molecule has 0 saturated carbocycles. The molecule has 3 N–H and O–H groups in total. The van der Waals surface area contributed by atoms with Gasteiger partial charge in [0.15, 0.2) is 12.2 Å². The van der Waals surface area contributed by atoms with Crippen LogP contribution in [0.4, 0.5) is 0 Å². The number of carbonyl (C=O) groups excluding carboxylic acids is 4. The van der Waals surface area contributed by atoms with E-state index < -0.39 is 97.5 Å². The van der Waals surface area contributed by atoms with Crippen LogP contribution in [0.2, 0.25) is 0 Å². The van der Waals surface area contributed by atoms with Gasteiger partial charge in [-0.25, -0.2) is 9.13 Å². The van der Waals surface area contributed by atoms with Crippen molar-refractivity contribution in [1.82, 2.24) is 0 Å². The Hall–Kier alpha value is -1.94. The minimum atomic E-state index is -4.96. The molecule has 0 aromatic carbocycles. The predicted molar refractivity (Wildman–Crippen MR) is 386 cm³/mol. The van der Waals surface area contributed by atoms with Gasteiger partial charge >= 0.3 is 39.5 Å². The molecule has 0 aromatic rings. The highest BCUT2D eigenvalue weighted by atomic mass is 31.2. The van der Waals surface area contributed by atoms with Gasteiger partial charge in [0.2, 0.25) is 0 Å². The lowest BCUT2D eigenvalue weighted by molar-refractivity contribution is -0.161. The summed E-state index contributed by atoms with van der Waals surface area (Å²) in [6.45, 7) is 14.1. The maximum atomic E-state index is 13.1. The Labute approximate surface area is 581 Å². The van der Waals surface area contributed by atoms with Gasteiger partial charge < -0.3 is 33.8 Å². The van der Waals surface area contributed by atoms with Crippen LogP contribution < -0.4 is 0 Å². The lowest BCUT2D eigenvalue weighted by Gasteiger charge is -2.21. The Kier molecular flexibility index (Phi) is 64.0. The number of rotatable bonds is 73. The van der Waals surface area contributed by atoms with Gasteiger partial charge in [0.05, 0.1) is 26.4 Å². The molecule has 0 saturated heterocycles. The number of phosphoric ester groups is 2. The van der Waals surface area contributed by atoms with Gasteiger partial charge in [-0.1, -0.05) is 331 Å². The van der Waals surface area contributed by atoms with E-state index in [1.165, 1.54) is 180 Å². The number of aliphatic hydroxyl groups excluding tert-OH is 1. The minimum absolute atomic E-state index is 0.102. The molecule has 0 bridgehead atoms. The second kappa shape index (κ2) is 65.4. The van der Waals surface area contributed by atoms with Crippen LogP contribution >= 0.6 is 15.6 Å². The third kappa shape index (κ3) is 70.3. The van der Waals surface area contributed by atoms with Crippen molar-refractivity contribution in [1.29, 1.82) is 0 Å². The number of hydrogen-bond donors (Lipinski definition) is 3. The van der Waals surface area contributed by atoms with Gasteiger partial charge in [-0.15, -0.1) is 0 Å². The minimum Gasteiger partial charge on any atom is -0.462 e. The Bertz CT molecular complexity index is 1870. The molecule has 95 heavy (non-hydrogen) atoms. The van der Waals surface area contributed by atoms with Crippen molar-refractivity contribution in [3.8, 4) is 0 Å². The van der Waals surface area contributed by atoms with Gasteiger partial charge in [-0.3, -0.25) is 37.3 Å². The van der Waals surface area contributed by atoms with Crippen molar-refractivity contribution in [3.05, 3.63) is 0 Å². The van der Waals surface area contributed by atoms with E-state index in [4.69, 9.17) is 37.0 Å². The van der Waals surface area contributed by atoms with Crippen LogP contribution in [0.3, 0.4) is 0 Å². The highest BCUT2D eigenvalue weighted by Gasteiger charge is 2.30. The summed E-state index contributed by atoms with van der Waals surface area (Å²) < 4.78 is 68.4. The quantitative estimate of drug-likeness (QED) is 0.0222. The molecule has 2 unspecified atom stereocenters. The molecule has 0 spiro atoms. The third-order valence-electron chi connectivity index (χ3n) is 17.6. The molecular weight excluding hydrogens is 1250 g/mol. The smallest absolute Gasteiger partial charge is 0.462 e. The van der Waals surface area contributed by atoms with Gasteiger partial charge in [-0.05, 0) is 49.4 Å². The number of carbonyl (C=O) groups is 4. The number of phosphoric acid groups is 2. The van der Waals surface area contributed by atoms with Crippen LogP contribution in [0.1, 0.15) is 383 Å². The van der Waals surface area contributed by atoms with Crippen molar-refractivity contribution < 1.29 is 80.2 Å². The summed E-state index contributed by atoms with van der Waals surface area (Å²) in [5.74, 6) is 0.858. The highest BCUT2D eigenvalue weighted by Crippen LogP contribution is 2.45. The Morgan fingerprint density at radius 3 is 0.653 bits per heavy atom. The van der Waals surface area contributed by atoms with Crippen LogP contribution in [0.25, 0.3) is 0 Å². The maximum Gasteiger partial charge on any atom is 0.472 e. The number of ether oxygens (including phenoxy) is 4. The Morgan fingerprint density at radius 2 is 0.442 bits per heavy atom. The topological polar surface area (TPSA) is 237 Å². The maximum absolute atomic E-state index is 13.1. The highest BCUT2D eigenvalue weighted by molar-refractivity contribution is 7.47. The molecule has 0 heterocycles. The molecule has 5 atom stereocenters. The predicted octanol–water partition coefficient (Wildman–Crippen LogP) is 22.0. The van der Waals surface area contributed by atoms with Gasteiger partial charge in [0.1, 0.15) is 19.3 Å². The number of esters is 4. The molecule has 0 fully saturated rings. The average Bonchev–Trinajstić information content (AvgIpc) is 1.68. The average molecular weight is 1400 g/mol. The van der Waals surface area contributed by atoms with Crippen molar-refractivity contribution in [2.45, 2.75) is 401 Å². The zero-order chi connectivity index (χ0) is 70.3. The molecule has 0 rings (SSSR count). The van der Waals surface area contributed by atoms with Crippen LogP contribution in [0, 0.1) is 23.7 Å². The van der Waals surface area contributed by atoms with E-state index in [0.29, 0.717) is 37.5 Å². The van der Waals surface area contributed by atoms with E-state index in [1.54, 1.807) is 0 Å². The Morgan fingerprint density at radius 1 is 0.263 bits per heavy atom. The zero-order valence-electron chi connectivity index (χ0n) is 62.3. The summed E-state index contributed by atoms with van der Waals surface area (Å²) in [7, 11) is -9.91. The molecule has 0 aliphatic rings. The summed E-state index contributed by atoms with van der Waals surface area (Å²) in [6, 6.07) is 0. The summed E-state index contributed by atoms with van der Waals surface area (Å²) in [6.07, 6.45) is 50.3. The van der Waals surface area contributed by atoms with E-state index in [2.05, 4.69) is 55.4 Å². The van der Waals surface area contributed by atoms with E-state index in [-0.39, 0.29) is 25.7 Å². The van der Waals surface area contributed by atoms with Gasteiger partial charge in [-0.2, -0.15) is 0 Å². The summed E-state index contributed by atoms with van der Waals surface area (Å²) in [4.78, 5) is 72.7. The van der Waals surface area contributed by atoms with Crippen molar-refractivity contribution >= 4 is 39.5 Å². The normalized spacial score (nSPS) is 14.1. The van der Waals surface area contributed by atoms with Crippen molar-refractivity contribution in [2.24, 2.45) is 23.7 Å². The zero-order valence-corrected chi connectivity index (χ0v) is 64.1. The fraction of sp³-hybridized carbons (Fsp3) is 0.947. The number of aliphatic hydroxyl groups is 1. The SMILES string of the molecule is CC(C)CCCCCCCCCCCCCCCCCCC(=O)O[C@H](COC(=O)CCCCCCCCCCCCCCCCC(C)C)COP(=O)(O)OC[C@@H](O)COP(=O)(O)OC[C@@H](COC(=O)CCCCCCCCC(C)C)OC(=O)CCCCCCCCCC(C)C. The van der Waals surface area contributed by atoms with Gasteiger partial charge in [0, 0.05) is 25.7 Å². The molecule has 0 aliphatic heterocycles. The number of hydrogen-bond acceptors (Lipinski definition) is 15. The van der Waals surface area contributed by atoms with E-state index >= 15 is 0 Å². The van der Waals surface area contributed by atoms with Crippen LogP contribution in [0.15, 0.2) is 0 Å². The van der Waals surface area contributed by atoms with Crippen LogP contribution in [-0.2, 0) is 65.4 Å². The second-order valence-corrected chi connectivity index (χ2v) is 32.2. The summed E-state index contributed by atoms with van der Waals surface area (Å²) >= 11 is 0. The first kappa shape index (κ1) is 93.1. The van der Waals surface area contributed by atoms with Crippen LogP contribution in [-0.4, -0.2) is 96.7 Å². The summed E-state index contributed by atoms with van der Waals surface area (Å²) in [5.41, 5.74) is 0. The fourth-order valence-corrected chi connectivity index (χ4v) is 13.1. The van der Waals surface area contributed by atoms with Crippen LogP contribution in [0.5, 0.6) is 0 Å². The molecule has 17 nitrogen and oxygen atoms in total. The van der Waals surface area contributed by atoms with Crippen molar-refractivity contribution in [3.63, 3.8) is 0 Å². The van der Waals surface area contributed by atoms with Crippen molar-refractivity contribution in [2.75, 3.05) is 39.6 Å². The van der Waals surface area contributed by atoms with E-state index in [0.717, 1.165) is 108 Å².